The van der Waals surface area contributed by atoms with Crippen molar-refractivity contribution in [2.45, 2.75) is 45.4 Å². The molecule has 1 saturated heterocycles. The number of guanidine groups is 1. The first-order chi connectivity index (χ1) is 12.3. The van der Waals surface area contributed by atoms with Gasteiger partial charge in [0.05, 0.1) is 12.4 Å². The van der Waals surface area contributed by atoms with Crippen molar-refractivity contribution in [1.29, 1.82) is 0 Å². The Hall–Kier alpha value is -1.62. The minimum absolute atomic E-state index is 0. The summed E-state index contributed by atoms with van der Waals surface area (Å²) < 4.78 is 13.1. The van der Waals surface area contributed by atoms with E-state index in [0.717, 1.165) is 63.0 Å². The number of ether oxygens (including phenoxy) is 1. The lowest BCUT2D eigenvalue weighted by molar-refractivity contribution is 0.114. The van der Waals surface area contributed by atoms with E-state index < -0.39 is 0 Å². The predicted octanol–water partition coefficient (Wildman–Crippen LogP) is 1.97. The van der Waals surface area contributed by atoms with Crippen molar-refractivity contribution >= 4 is 29.9 Å². The van der Waals surface area contributed by atoms with Crippen LogP contribution in [0.2, 0.25) is 0 Å². The predicted molar refractivity (Wildman–Crippen MR) is 110 cm³/mol. The van der Waals surface area contributed by atoms with Crippen molar-refractivity contribution in [2.75, 3.05) is 19.7 Å². The Morgan fingerprint density at radius 1 is 1.42 bits per heavy atom. The fraction of sp³-hybridized carbons (Fsp3) is 0.588. The van der Waals surface area contributed by atoms with Crippen molar-refractivity contribution in [3.63, 3.8) is 0 Å². The molecule has 0 bridgehead atoms. The highest BCUT2D eigenvalue weighted by Gasteiger charge is 2.15. The number of aromatic nitrogens is 3. The van der Waals surface area contributed by atoms with Gasteiger partial charge in [-0.2, -0.15) is 0 Å². The molecule has 1 aliphatic heterocycles. The van der Waals surface area contributed by atoms with E-state index in [1.54, 1.807) is 12.6 Å². The fourth-order valence-electron chi connectivity index (χ4n) is 2.78. The van der Waals surface area contributed by atoms with Crippen LogP contribution in [0.25, 0.3) is 0 Å². The molecule has 0 saturated carbocycles. The number of halogens is 1. The van der Waals surface area contributed by atoms with Gasteiger partial charge in [-0.3, -0.25) is 0 Å². The van der Waals surface area contributed by atoms with Crippen LogP contribution >= 0.6 is 24.0 Å². The van der Waals surface area contributed by atoms with Crippen LogP contribution in [0.4, 0.5) is 0 Å². The molecule has 2 aromatic rings. The Kier molecular flexibility index (Phi) is 8.89. The van der Waals surface area contributed by atoms with Crippen LogP contribution in [0.15, 0.2) is 34.1 Å². The first-order valence-corrected chi connectivity index (χ1v) is 8.88. The SMILES string of the molecule is CCc1nncn1CCNC(=NCc1ccco1)NCC1CCCO1.I. The molecular formula is C17H27IN6O2. The third-order valence-corrected chi connectivity index (χ3v) is 4.15. The monoisotopic (exact) mass is 474 g/mol. The lowest BCUT2D eigenvalue weighted by Crippen LogP contribution is -2.42. The summed E-state index contributed by atoms with van der Waals surface area (Å²) >= 11 is 0. The number of hydrogen-bond acceptors (Lipinski definition) is 5. The van der Waals surface area contributed by atoms with Gasteiger partial charge >= 0.3 is 0 Å². The molecule has 9 heteroatoms. The molecule has 8 nitrogen and oxygen atoms in total. The zero-order valence-electron chi connectivity index (χ0n) is 15.1. The first kappa shape index (κ1) is 20.7. The smallest absolute Gasteiger partial charge is 0.191 e. The summed E-state index contributed by atoms with van der Waals surface area (Å²) in [7, 11) is 0. The van der Waals surface area contributed by atoms with Crippen molar-refractivity contribution in [2.24, 2.45) is 4.99 Å². The first-order valence-electron chi connectivity index (χ1n) is 8.88. The minimum atomic E-state index is 0. The van der Waals surface area contributed by atoms with Gasteiger partial charge in [-0.15, -0.1) is 34.2 Å². The van der Waals surface area contributed by atoms with Gasteiger partial charge in [0, 0.05) is 32.7 Å². The Balaban J connectivity index is 0.00000243. The maximum absolute atomic E-state index is 5.66. The van der Waals surface area contributed by atoms with E-state index in [4.69, 9.17) is 9.15 Å². The number of hydrogen-bond donors (Lipinski definition) is 2. The summed E-state index contributed by atoms with van der Waals surface area (Å²) in [5, 5.41) is 14.8. The molecule has 1 fully saturated rings. The molecule has 0 radical (unpaired) electrons. The van der Waals surface area contributed by atoms with Crippen LogP contribution in [-0.2, 0) is 24.2 Å². The molecule has 3 rings (SSSR count). The summed E-state index contributed by atoms with van der Waals surface area (Å²) in [5.41, 5.74) is 0. The lowest BCUT2D eigenvalue weighted by Gasteiger charge is -2.16. The third-order valence-electron chi connectivity index (χ3n) is 4.15. The molecule has 1 unspecified atom stereocenters. The molecule has 1 aliphatic rings. The maximum atomic E-state index is 5.66. The van der Waals surface area contributed by atoms with Gasteiger partial charge in [0.1, 0.15) is 24.5 Å². The molecule has 0 aliphatic carbocycles. The fourth-order valence-corrected chi connectivity index (χ4v) is 2.78. The molecule has 1 atom stereocenters. The van der Waals surface area contributed by atoms with Gasteiger partial charge in [0.2, 0.25) is 0 Å². The maximum Gasteiger partial charge on any atom is 0.191 e. The van der Waals surface area contributed by atoms with Gasteiger partial charge in [0.15, 0.2) is 5.96 Å². The quantitative estimate of drug-likeness (QED) is 0.346. The van der Waals surface area contributed by atoms with E-state index in [2.05, 4.69) is 37.3 Å². The second-order valence-electron chi connectivity index (χ2n) is 5.98. The lowest BCUT2D eigenvalue weighted by atomic mass is 10.2. The van der Waals surface area contributed by atoms with Gasteiger partial charge in [-0.1, -0.05) is 6.92 Å². The van der Waals surface area contributed by atoms with Crippen molar-refractivity contribution in [1.82, 2.24) is 25.4 Å². The average Bonchev–Trinajstić information content (AvgIpc) is 3.39. The zero-order valence-corrected chi connectivity index (χ0v) is 17.4. The average molecular weight is 474 g/mol. The molecule has 3 heterocycles. The van der Waals surface area contributed by atoms with E-state index >= 15 is 0 Å². The van der Waals surface area contributed by atoms with E-state index in [1.165, 1.54) is 0 Å². The molecule has 2 aromatic heterocycles. The van der Waals surface area contributed by atoms with Crippen LogP contribution in [-0.4, -0.2) is 46.5 Å². The number of nitrogens with one attached hydrogen (secondary N) is 2. The molecule has 0 amide bonds. The molecule has 26 heavy (non-hydrogen) atoms. The van der Waals surface area contributed by atoms with E-state index in [9.17, 15) is 0 Å². The molecule has 2 N–H and O–H groups in total. The second kappa shape index (κ2) is 11.2. The summed E-state index contributed by atoms with van der Waals surface area (Å²) in [6, 6.07) is 3.79. The van der Waals surface area contributed by atoms with Crippen LogP contribution in [0.3, 0.4) is 0 Å². The number of nitrogens with zero attached hydrogens (tertiary/aromatic N) is 4. The normalized spacial score (nSPS) is 17.1. The highest BCUT2D eigenvalue weighted by atomic mass is 127. The Labute approximate surface area is 170 Å². The third kappa shape index (κ3) is 6.27. The van der Waals surface area contributed by atoms with E-state index in [1.807, 2.05) is 12.1 Å². The van der Waals surface area contributed by atoms with Gasteiger partial charge in [-0.05, 0) is 25.0 Å². The standard InChI is InChI=1S/C17H26N6O2.HI/c1-2-16-22-21-13-23(16)8-7-18-17(19-11-14-5-3-9-24-14)20-12-15-6-4-10-25-15;/h3,5,9,13,15H,2,4,6-8,10-12H2,1H3,(H2,18,19,20);1H. The summed E-state index contributed by atoms with van der Waals surface area (Å²) in [6.07, 6.45) is 6.79. The molecule has 0 spiro atoms. The highest BCUT2D eigenvalue weighted by molar-refractivity contribution is 14.0. The van der Waals surface area contributed by atoms with Crippen LogP contribution < -0.4 is 10.6 Å². The molecule has 0 aromatic carbocycles. The highest BCUT2D eigenvalue weighted by Crippen LogP contribution is 2.10. The Morgan fingerprint density at radius 2 is 2.35 bits per heavy atom. The topological polar surface area (TPSA) is 89.5 Å². The van der Waals surface area contributed by atoms with Gasteiger partial charge < -0.3 is 24.4 Å². The largest absolute Gasteiger partial charge is 0.467 e. The molecule has 144 valence electrons. The van der Waals surface area contributed by atoms with Crippen molar-refractivity contribution < 1.29 is 9.15 Å². The minimum Gasteiger partial charge on any atom is -0.467 e. The number of aryl methyl sites for hydroxylation is 1. The van der Waals surface area contributed by atoms with Crippen LogP contribution in [0.5, 0.6) is 0 Å². The summed E-state index contributed by atoms with van der Waals surface area (Å²) in [6.45, 7) is 5.72. The van der Waals surface area contributed by atoms with E-state index in [0.29, 0.717) is 6.54 Å². The Bertz CT molecular complexity index is 652. The van der Waals surface area contributed by atoms with Crippen LogP contribution in [0.1, 0.15) is 31.4 Å². The Morgan fingerprint density at radius 3 is 3.08 bits per heavy atom. The van der Waals surface area contributed by atoms with Crippen molar-refractivity contribution in [3.8, 4) is 0 Å². The zero-order chi connectivity index (χ0) is 17.3. The van der Waals surface area contributed by atoms with Gasteiger partial charge in [0.25, 0.3) is 0 Å². The van der Waals surface area contributed by atoms with Crippen LogP contribution in [0, 0.1) is 0 Å². The summed E-state index contributed by atoms with van der Waals surface area (Å²) in [5.74, 6) is 2.59. The number of rotatable bonds is 8. The second-order valence-corrected chi connectivity index (χ2v) is 5.98. The van der Waals surface area contributed by atoms with Crippen molar-refractivity contribution in [3.05, 3.63) is 36.3 Å². The summed E-state index contributed by atoms with van der Waals surface area (Å²) in [4.78, 5) is 4.59. The van der Waals surface area contributed by atoms with Gasteiger partial charge in [-0.25, -0.2) is 4.99 Å². The number of aliphatic imine (C=N–C) groups is 1. The number of furan rings is 1. The molecular weight excluding hydrogens is 447 g/mol. The van der Waals surface area contributed by atoms with E-state index in [-0.39, 0.29) is 30.1 Å².